The summed E-state index contributed by atoms with van der Waals surface area (Å²) in [5, 5.41) is 3.35. The van der Waals surface area contributed by atoms with Crippen molar-refractivity contribution in [3.8, 4) is 0 Å². The van der Waals surface area contributed by atoms with E-state index in [9.17, 15) is 4.79 Å². The quantitative estimate of drug-likeness (QED) is 0.583. The summed E-state index contributed by atoms with van der Waals surface area (Å²) in [5.74, 6) is 2.01. The normalized spacial score (nSPS) is 35.1. The highest BCUT2D eigenvalue weighted by Gasteiger charge is 2.38. The maximum atomic E-state index is 11.3. The van der Waals surface area contributed by atoms with Crippen LogP contribution in [0.5, 0.6) is 0 Å². The van der Waals surface area contributed by atoms with Crippen molar-refractivity contribution in [3.05, 3.63) is 12.2 Å². The van der Waals surface area contributed by atoms with E-state index in [1.165, 1.54) is 20.0 Å². The Balaban J connectivity index is 1.86. The molecule has 0 spiro atoms. The van der Waals surface area contributed by atoms with Gasteiger partial charge in [-0.05, 0) is 44.4 Å². The summed E-state index contributed by atoms with van der Waals surface area (Å²) in [6, 6.07) is 0.178. The van der Waals surface area contributed by atoms with E-state index in [0.29, 0.717) is 12.0 Å². The molecule has 0 aromatic rings. The zero-order valence-electron chi connectivity index (χ0n) is 10.3. The first kappa shape index (κ1) is 11.6. The summed E-state index contributed by atoms with van der Waals surface area (Å²) in [7, 11) is 1.44. The number of hydrogen-bond acceptors (Lipinski definition) is 3. The molecule has 90 valence electrons. The van der Waals surface area contributed by atoms with E-state index < -0.39 is 0 Å². The number of nitrogens with one attached hydrogen (secondary N) is 1. The number of hydrogen-bond donors (Lipinski definition) is 1. The first-order valence-electron chi connectivity index (χ1n) is 6.14. The van der Waals surface area contributed by atoms with Crippen molar-refractivity contribution in [2.75, 3.05) is 7.11 Å². The van der Waals surface area contributed by atoms with Gasteiger partial charge in [0.05, 0.1) is 7.11 Å². The molecule has 16 heavy (non-hydrogen) atoms. The molecule has 0 radical (unpaired) electrons. The van der Waals surface area contributed by atoms with Crippen LogP contribution >= 0.6 is 0 Å². The number of allylic oxidation sites excluding steroid dienone is 2. The van der Waals surface area contributed by atoms with Crippen molar-refractivity contribution in [1.29, 1.82) is 0 Å². The predicted octanol–water partition coefficient (Wildman–Crippen LogP) is 1.74. The lowest BCUT2D eigenvalue weighted by Crippen LogP contribution is -2.44. The van der Waals surface area contributed by atoms with Gasteiger partial charge in [-0.25, -0.2) is 0 Å². The molecule has 2 aliphatic rings. The molecule has 3 heteroatoms. The fraction of sp³-hybridized carbons (Fsp3) is 0.769. The summed E-state index contributed by atoms with van der Waals surface area (Å²) in [4.78, 5) is 11.3. The lowest BCUT2D eigenvalue weighted by atomic mass is 9.87. The largest absolute Gasteiger partial charge is 0.468 e. The lowest BCUT2D eigenvalue weighted by molar-refractivity contribution is -0.142. The molecule has 0 saturated heterocycles. The average Bonchev–Trinajstić information content (AvgIpc) is 2.89. The minimum atomic E-state index is -0.205. The lowest BCUT2D eigenvalue weighted by Gasteiger charge is -2.28. The average molecular weight is 223 g/mol. The molecule has 2 bridgehead atoms. The SMILES string of the molecule is COC(=O)[C@H](C)NC(C)C1CC2C=CC1C2. The molecule has 4 unspecified atom stereocenters. The van der Waals surface area contributed by atoms with E-state index in [2.05, 4.69) is 24.4 Å². The number of carbonyl (C=O) groups excluding carboxylic acids is 1. The molecular formula is C13H21NO2. The first-order valence-corrected chi connectivity index (χ1v) is 6.14. The van der Waals surface area contributed by atoms with E-state index in [-0.39, 0.29) is 12.0 Å². The highest BCUT2D eigenvalue weighted by Crippen LogP contribution is 2.44. The molecule has 0 aromatic heterocycles. The summed E-state index contributed by atoms with van der Waals surface area (Å²) in [5.41, 5.74) is 0. The summed E-state index contributed by atoms with van der Waals surface area (Å²) in [6.45, 7) is 4.05. The number of rotatable bonds is 4. The molecule has 0 heterocycles. The second-order valence-corrected chi connectivity index (χ2v) is 5.14. The summed E-state index contributed by atoms with van der Waals surface area (Å²) in [6.07, 6.45) is 7.27. The van der Waals surface area contributed by atoms with Crippen molar-refractivity contribution < 1.29 is 9.53 Å². The molecule has 0 amide bonds. The van der Waals surface area contributed by atoms with E-state index >= 15 is 0 Å². The van der Waals surface area contributed by atoms with Crippen molar-refractivity contribution in [2.45, 2.75) is 38.8 Å². The number of carbonyl (C=O) groups is 1. The van der Waals surface area contributed by atoms with Crippen LogP contribution in [-0.2, 0) is 9.53 Å². The van der Waals surface area contributed by atoms with Crippen LogP contribution in [0.15, 0.2) is 12.2 Å². The van der Waals surface area contributed by atoms with Gasteiger partial charge in [-0.2, -0.15) is 0 Å². The minimum Gasteiger partial charge on any atom is -0.468 e. The fourth-order valence-corrected chi connectivity index (χ4v) is 3.16. The highest BCUT2D eigenvalue weighted by molar-refractivity contribution is 5.75. The smallest absolute Gasteiger partial charge is 0.322 e. The van der Waals surface area contributed by atoms with Crippen LogP contribution in [0.25, 0.3) is 0 Å². The number of ether oxygens (including phenoxy) is 1. The topological polar surface area (TPSA) is 38.3 Å². The van der Waals surface area contributed by atoms with Crippen molar-refractivity contribution in [2.24, 2.45) is 17.8 Å². The van der Waals surface area contributed by atoms with Crippen LogP contribution in [-0.4, -0.2) is 25.2 Å². The van der Waals surface area contributed by atoms with E-state index in [0.717, 1.165) is 11.8 Å². The summed E-state index contributed by atoms with van der Waals surface area (Å²) < 4.78 is 4.72. The molecule has 2 rings (SSSR count). The van der Waals surface area contributed by atoms with Gasteiger partial charge in [0.15, 0.2) is 0 Å². The monoisotopic (exact) mass is 223 g/mol. The van der Waals surface area contributed by atoms with Crippen molar-refractivity contribution >= 4 is 5.97 Å². The Morgan fingerprint density at radius 3 is 2.62 bits per heavy atom. The van der Waals surface area contributed by atoms with Gasteiger partial charge in [0, 0.05) is 6.04 Å². The standard InChI is InChI=1S/C13H21NO2/c1-8(14-9(2)13(15)16-3)12-7-10-4-5-11(12)6-10/h4-5,8-12,14H,6-7H2,1-3H3/t8?,9-,10?,11?,12?/m0/s1. The van der Waals surface area contributed by atoms with Crippen LogP contribution in [0, 0.1) is 17.8 Å². The highest BCUT2D eigenvalue weighted by atomic mass is 16.5. The Bertz CT molecular complexity index is 300. The molecule has 1 saturated carbocycles. The van der Waals surface area contributed by atoms with Crippen LogP contribution in [0.4, 0.5) is 0 Å². The van der Waals surface area contributed by atoms with Gasteiger partial charge >= 0.3 is 5.97 Å². The Morgan fingerprint density at radius 2 is 2.12 bits per heavy atom. The van der Waals surface area contributed by atoms with Crippen LogP contribution in [0.2, 0.25) is 0 Å². The van der Waals surface area contributed by atoms with Crippen LogP contribution < -0.4 is 5.32 Å². The summed E-state index contributed by atoms with van der Waals surface area (Å²) >= 11 is 0. The third-order valence-electron chi connectivity index (χ3n) is 4.04. The van der Waals surface area contributed by atoms with E-state index in [1.807, 2.05) is 6.92 Å². The Labute approximate surface area is 97.2 Å². The Hall–Kier alpha value is -0.830. The Kier molecular flexibility index (Phi) is 3.33. The first-order chi connectivity index (χ1) is 7.61. The van der Waals surface area contributed by atoms with Gasteiger partial charge in [-0.3, -0.25) is 4.79 Å². The molecule has 5 atom stereocenters. The van der Waals surface area contributed by atoms with Crippen molar-refractivity contribution in [1.82, 2.24) is 5.32 Å². The second-order valence-electron chi connectivity index (χ2n) is 5.14. The van der Waals surface area contributed by atoms with Gasteiger partial charge < -0.3 is 10.1 Å². The van der Waals surface area contributed by atoms with E-state index in [4.69, 9.17) is 4.74 Å². The molecule has 1 fully saturated rings. The van der Waals surface area contributed by atoms with Crippen LogP contribution in [0.1, 0.15) is 26.7 Å². The molecule has 0 aliphatic heterocycles. The number of fused-ring (bicyclic) bond motifs is 2. The molecule has 0 aromatic carbocycles. The zero-order valence-corrected chi connectivity index (χ0v) is 10.3. The number of methoxy groups -OCH3 is 1. The van der Waals surface area contributed by atoms with E-state index in [1.54, 1.807) is 0 Å². The third-order valence-corrected chi connectivity index (χ3v) is 4.04. The van der Waals surface area contributed by atoms with Gasteiger partial charge in [0.2, 0.25) is 0 Å². The van der Waals surface area contributed by atoms with Gasteiger partial charge in [0.25, 0.3) is 0 Å². The Morgan fingerprint density at radius 1 is 1.38 bits per heavy atom. The predicted molar refractivity (Wildman–Crippen MR) is 62.9 cm³/mol. The second kappa shape index (κ2) is 4.58. The zero-order chi connectivity index (χ0) is 11.7. The maximum Gasteiger partial charge on any atom is 0.322 e. The van der Waals surface area contributed by atoms with Gasteiger partial charge in [-0.15, -0.1) is 0 Å². The molecule has 1 N–H and O–H groups in total. The molecule has 3 nitrogen and oxygen atoms in total. The van der Waals surface area contributed by atoms with Crippen molar-refractivity contribution in [3.63, 3.8) is 0 Å². The number of esters is 1. The third kappa shape index (κ3) is 2.14. The van der Waals surface area contributed by atoms with Gasteiger partial charge in [-0.1, -0.05) is 12.2 Å². The maximum absolute atomic E-state index is 11.3. The molecule has 2 aliphatic carbocycles. The fourth-order valence-electron chi connectivity index (χ4n) is 3.16. The molecular weight excluding hydrogens is 202 g/mol. The van der Waals surface area contributed by atoms with Crippen LogP contribution in [0.3, 0.4) is 0 Å². The van der Waals surface area contributed by atoms with Gasteiger partial charge in [0.1, 0.15) is 6.04 Å². The minimum absolute atomic E-state index is 0.175.